The summed E-state index contributed by atoms with van der Waals surface area (Å²) in [6.45, 7) is 1.68. The quantitative estimate of drug-likeness (QED) is 0.265. The maximum atomic E-state index is 11.5. The Morgan fingerprint density at radius 1 is 1.11 bits per heavy atom. The summed E-state index contributed by atoms with van der Waals surface area (Å²) in [6, 6.07) is -1.98. The molecule has 0 aromatic rings. The SMILES string of the molecule is CC(=O)NC1[C@H](O[C@@H]2C(CO)O[C@@H]3OC(C)=NC3[C@H]2O)OC(CO)[C@@H](O)[C@@H]1O. The number of fused-ring (bicyclic) bond motifs is 1. The summed E-state index contributed by atoms with van der Waals surface area (Å²) in [7, 11) is 0. The van der Waals surface area contributed by atoms with Gasteiger partial charge < -0.3 is 49.8 Å². The second kappa shape index (κ2) is 8.55. The van der Waals surface area contributed by atoms with Crippen molar-refractivity contribution in [1.29, 1.82) is 0 Å². The molecule has 0 saturated carbocycles. The van der Waals surface area contributed by atoms with Crippen molar-refractivity contribution in [3.63, 3.8) is 0 Å². The summed E-state index contributed by atoms with van der Waals surface area (Å²) in [5.41, 5.74) is 0. The fraction of sp³-hybridized carbons (Fsp3) is 0.875. The Morgan fingerprint density at radius 2 is 1.79 bits per heavy atom. The number of carbonyl (C=O) groups excluding carboxylic acids is 1. The number of nitrogens with one attached hydrogen (secondary N) is 1. The highest BCUT2D eigenvalue weighted by atomic mass is 16.7. The van der Waals surface area contributed by atoms with Gasteiger partial charge in [-0.3, -0.25) is 4.79 Å². The van der Waals surface area contributed by atoms with E-state index in [2.05, 4.69) is 10.3 Å². The number of hydrogen-bond donors (Lipinski definition) is 6. The first-order chi connectivity index (χ1) is 13.3. The van der Waals surface area contributed by atoms with Crippen LogP contribution in [-0.2, 0) is 23.7 Å². The first kappa shape index (κ1) is 21.3. The molecule has 3 aliphatic rings. The largest absolute Gasteiger partial charge is 0.450 e. The lowest BCUT2D eigenvalue weighted by Gasteiger charge is -2.46. The zero-order chi connectivity index (χ0) is 20.6. The third kappa shape index (κ3) is 4.00. The van der Waals surface area contributed by atoms with E-state index >= 15 is 0 Å². The van der Waals surface area contributed by atoms with Crippen LogP contribution in [0.3, 0.4) is 0 Å². The van der Waals surface area contributed by atoms with Crippen molar-refractivity contribution in [2.24, 2.45) is 4.99 Å². The van der Waals surface area contributed by atoms with Crippen LogP contribution in [0.15, 0.2) is 4.99 Å². The minimum absolute atomic E-state index is 0.315. The third-order valence-corrected chi connectivity index (χ3v) is 4.98. The second-order valence-electron chi connectivity index (χ2n) is 7.01. The predicted octanol–water partition coefficient (Wildman–Crippen LogP) is -3.79. The van der Waals surface area contributed by atoms with Crippen LogP contribution >= 0.6 is 0 Å². The smallest absolute Gasteiger partial charge is 0.227 e. The van der Waals surface area contributed by atoms with Crippen LogP contribution in [0.25, 0.3) is 0 Å². The molecule has 0 bridgehead atoms. The number of rotatable bonds is 5. The van der Waals surface area contributed by atoms with Gasteiger partial charge in [0.15, 0.2) is 12.2 Å². The van der Waals surface area contributed by atoms with E-state index in [1.165, 1.54) is 6.92 Å². The first-order valence-electron chi connectivity index (χ1n) is 8.97. The molecule has 2 fully saturated rings. The normalized spacial score (nSPS) is 45.8. The highest BCUT2D eigenvalue weighted by Gasteiger charge is 2.53. The number of aliphatic imine (C=N–C) groups is 1. The van der Waals surface area contributed by atoms with Crippen LogP contribution < -0.4 is 5.32 Å². The molecule has 0 aromatic heterocycles. The van der Waals surface area contributed by atoms with E-state index in [1.54, 1.807) is 6.92 Å². The summed E-state index contributed by atoms with van der Waals surface area (Å²) in [4.78, 5) is 15.7. The van der Waals surface area contributed by atoms with Gasteiger partial charge in [-0.2, -0.15) is 0 Å². The van der Waals surface area contributed by atoms with Crippen LogP contribution in [0, 0.1) is 0 Å². The molecule has 1 amide bonds. The van der Waals surface area contributed by atoms with Crippen molar-refractivity contribution < 1.29 is 49.3 Å². The monoisotopic (exact) mass is 406 g/mol. The van der Waals surface area contributed by atoms with E-state index in [1.807, 2.05) is 0 Å². The molecule has 3 aliphatic heterocycles. The molecule has 28 heavy (non-hydrogen) atoms. The number of aliphatic hydroxyl groups is 5. The van der Waals surface area contributed by atoms with Crippen LogP contribution in [-0.4, -0.2) is 112 Å². The van der Waals surface area contributed by atoms with Gasteiger partial charge in [0.05, 0.1) is 13.2 Å². The molecule has 160 valence electrons. The van der Waals surface area contributed by atoms with Gasteiger partial charge in [0.25, 0.3) is 0 Å². The van der Waals surface area contributed by atoms with Crippen molar-refractivity contribution in [3.05, 3.63) is 0 Å². The van der Waals surface area contributed by atoms with Gasteiger partial charge in [-0.25, -0.2) is 4.99 Å². The average molecular weight is 406 g/mol. The van der Waals surface area contributed by atoms with Crippen LogP contribution in [0.5, 0.6) is 0 Å². The lowest BCUT2D eigenvalue weighted by Crippen LogP contribution is -2.67. The van der Waals surface area contributed by atoms with Gasteiger partial charge in [0.2, 0.25) is 12.2 Å². The van der Waals surface area contributed by atoms with Crippen molar-refractivity contribution in [2.45, 2.75) is 75.1 Å². The van der Waals surface area contributed by atoms with Crippen molar-refractivity contribution >= 4 is 11.8 Å². The maximum Gasteiger partial charge on any atom is 0.227 e. The Morgan fingerprint density at radius 3 is 2.39 bits per heavy atom. The van der Waals surface area contributed by atoms with E-state index < -0.39 is 80.4 Å². The van der Waals surface area contributed by atoms with E-state index in [4.69, 9.17) is 18.9 Å². The molecule has 0 aromatic carbocycles. The Labute approximate surface area is 160 Å². The molecule has 6 N–H and O–H groups in total. The summed E-state index contributed by atoms with van der Waals surface area (Å²) in [5, 5.41) is 52.6. The van der Waals surface area contributed by atoms with Crippen molar-refractivity contribution in [2.75, 3.05) is 13.2 Å². The third-order valence-electron chi connectivity index (χ3n) is 4.98. The molecule has 2 saturated heterocycles. The summed E-state index contributed by atoms with van der Waals surface area (Å²) in [5.74, 6) is -0.199. The minimum atomic E-state index is -1.50. The number of nitrogens with zero attached hydrogens (tertiary/aromatic N) is 1. The average Bonchev–Trinajstić information content (AvgIpc) is 3.03. The molecular formula is C16H26N2O10. The lowest BCUT2D eigenvalue weighted by molar-refractivity contribution is -0.322. The van der Waals surface area contributed by atoms with Crippen LogP contribution in [0.4, 0.5) is 0 Å². The number of ether oxygens (including phenoxy) is 4. The van der Waals surface area contributed by atoms with Gasteiger partial charge >= 0.3 is 0 Å². The molecule has 12 nitrogen and oxygen atoms in total. The Bertz CT molecular complexity index is 604. The molecular weight excluding hydrogens is 380 g/mol. The van der Waals surface area contributed by atoms with Crippen LogP contribution in [0.2, 0.25) is 0 Å². The standard InChI is InChI=1S/C16H26N2O10/c1-5(21)17-9-12(23)11(22)7(3-19)26-16(9)28-14-8(4-20)27-15-10(13(14)24)18-6(2)25-15/h7-16,19-20,22-24H,3-4H2,1-2H3,(H,17,21)/t7?,8?,9?,10?,11-,12-,13-,14-,15+,16+/m1/s1. The van der Waals surface area contributed by atoms with Gasteiger partial charge in [0.1, 0.15) is 48.7 Å². The van der Waals surface area contributed by atoms with Gasteiger partial charge in [-0.05, 0) is 0 Å². The highest BCUT2D eigenvalue weighted by Crippen LogP contribution is 2.32. The molecule has 4 unspecified atom stereocenters. The number of aliphatic hydroxyl groups excluding tert-OH is 5. The minimum Gasteiger partial charge on any atom is -0.450 e. The lowest BCUT2D eigenvalue weighted by atomic mass is 9.95. The molecule has 3 rings (SSSR count). The molecule has 3 heterocycles. The molecule has 0 aliphatic carbocycles. The predicted molar refractivity (Wildman–Crippen MR) is 90.0 cm³/mol. The van der Waals surface area contributed by atoms with Gasteiger partial charge in [0, 0.05) is 13.8 Å². The molecule has 12 heteroatoms. The number of hydrogen-bond acceptors (Lipinski definition) is 11. The van der Waals surface area contributed by atoms with Crippen molar-refractivity contribution in [3.8, 4) is 0 Å². The molecule has 0 spiro atoms. The second-order valence-corrected chi connectivity index (χ2v) is 7.01. The Kier molecular flexibility index (Phi) is 6.51. The molecule has 10 atom stereocenters. The summed E-state index contributed by atoms with van der Waals surface area (Å²) in [6.07, 6.45) is -9.76. The van der Waals surface area contributed by atoms with E-state index in [-0.39, 0.29) is 0 Å². The number of amides is 1. The fourth-order valence-corrected chi connectivity index (χ4v) is 3.61. The van der Waals surface area contributed by atoms with E-state index in [0.717, 1.165) is 0 Å². The maximum absolute atomic E-state index is 11.5. The number of carbonyl (C=O) groups is 1. The topological polar surface area (TPSA) is 180 Å². The van der Waals surface area contributed by atoms with E-state index in [9.17, 15) is 30.3 Å². The fourth-order valence-electron chi connectivity index (χ4n) is 3.61. The molecule has 0 radical (unpaired) electrons. The zero-order valence-electron chi connectivity index (χ0n) is 15.4. The van der Waals surface area contributed by atoms with Crippen molar-refractivity contribution in [1.82, 2.24) is 5.32 Å². The van der Waals surface area contributed by atoms with E-state index in [0.29, 0.717) is 5.90 Å². The van der Waals surface area contributed by atoms with Gasteiger partial charge in [-0.15, -0.1) is 0 Å². The highest BCUT2D eigenvalue weighted by molar-refractivity contribution is 5.75. The summed E-state index contributed by atoms with van der Waals surface area (Å²) >= 11 is 0. The zero-order valence-corrected chi connectivity index (χ0v) is 15.4. The van der Waals surface area contributed by atoms with Gasteiger partial charge in [-0.1, -0.05) is 0 Å². The summed E-state index contributed by atoms with van der Waals surface area (Å²) < 4.78 is 22.2. The Hall–Kier alpha value is -1.38. The Balaban J connectivity index is 1.81. The first-order valence-corrected chi connectivity index (χ1v) is 8.97. The van der Waals surface area contributed by atoms with Crippen LogP contribution in [0.1, 0.15) is 13.8 Å².